The minimum absolute atomic E-state index is 0.0619. The van der Waals surface area contributed by atoms with E-state index in [1.165, 1.54) is 50.5 Å². The number of aryl methyl sites for hydroxylation is 2. The Hall–Kier alpha value is -0.930. The molecule has 4 fully saturated rings. The second-order valence-corrected chi connectivity index (χ2v) is 12.9. The highest BCUT2D eigenvalue weighted by atomic mass is 16.3. The van der Waals surface area contributed by atoms with Crippen LogP contribution in [-0.4, -0.2) is 26.9 Å². The molecule has 1 heterocycles. The van der Waals surface area contributed by atoms with Crippen LogP contribution in [0.4, 0.5) is 0 Å². The molecule has 32 heavy (non-hydrogen) atoms. The summed E-state index contributed by atoms with van der Waals surface area (Å²) in [5, 5.41) is 22.0. The number of fused-ring (bicyclic) bond motifs is 5. The van der Waals surface area contributed by atoms with Gasteiger partial charge in [0.1, 0.15) is 0 Å². The second-order valence-electron chi connectivity index (χ2n) is 12.9. The maximum atomic E-state index is 11.7. The van der Waals surface area contributed by atoms with Gasteiger partial charge in [-0.3, -0.25) is 4.98 Å². The number of hydrogen-bond donors (Lipinski definition) is 2. The summed E-state index contributed by atoms with van der Waals surface area (Å²) in [5.74, 6) is 3.54. The second kappa shape index (κ2) is 8.08. The summed E-state index contributed by atoms with van der Waals surface area (Å²) in [6.45, 7) is 9.26. The molecule has 5 rings (SSSR count). The Morgan fingerprint density at radius 3 is 2.50 bits per heavy atom. The smallest absolute Gasteiger partial charge is 0.0656 e. The first kappa shape index (κ1) is 22.8. The van der Waals surface area contributed by atoms with E-state index >= 15 is 0 Å². The van der Waals surface area contributed by atoms with Crippen molar-refractivity contribution in [3.63, 3.8) is 0 Å². The quantitative estimate of drug-likeness (QED) is 0.596. The van der Waals surface area contributed by atoms with Crippen LogP contribution in [0.1, 0.15) is 96.2 Å². The van der Waals surface area contributed by atoms with E-state index in [-0.39, 0.29) is 11.5 Å². The molecule has 1 aromatic heterocycles. The first-order chi connectivity index (χ1) is 15.1. The summed E-state index contributed by atoms with van der Waals surface area (Å²) >= 11 is 0. The maximum Gasteiger partial charge on any atom is 0.0656 e. The van der Waals surface area contributed by atoms with Crippen molar-refractivity contribution in [2.45, 2.75) is 110 Å². The van der Waals surface area contributed by atoms with Crippen LogP contribution < -0.4 is 0 Å². The van der Waals surface area contributed by atoms with Gasteiger partial charge in [0.25, 0.3) is 0 Å². The average Bonchev–Trinajstić information content (AvgIpc) is 3.12. The lowest BCUT2D eigenvalue weighted by atomic mass is 9.44. The van der Waals surface area contributed by atoms with E-state index in [9.17, 15) is 10.2 Å². The SMILES string of the molecule is Cc1ccc(CC[C@@](C)(O)[C@H]2CC[C@H]3[C@@H]4CCC5C[C@@H](O)CC[C@]5(C)[C@H]4CC[C@@]32C)cn1. The molecule has 0 amide bonds. The molecular formula is C29H45NO2. The van der Waals surface area contributed by atoms with Crippen LogP contribution >= 0.6 is 0 Å². The molecule has 0 spiro atoms. The molecule has 0 saturated heterocycles. The molecular weight excluding hydrogens is 394 g/mol. The lowest BCUT2D eigenvalue weighted by Crippen LogP contribution is -2.55. The van der Waals surface area contributed by atoms with Gasteiger partial charge in [0.15, 0.2) is 0 Å². The first-order valence-electron chi connectivity index (χ1n) is 13.5. The topological polar surface area (TPSA) is 53.4 Å². The number of aromatic nitrogens is 1. The largest absolute Gasteiger partial charge is 0.393 e. The minimum Gasteiger partial charge on any atom is -0.393 e. The zero-order valence-corrected chi connectivity index (χ0v) is 20.8. The van der Waals surface area contributed by atoms with Crippen molar-refractivity contribution in [3.8, 4) is 0 Å². The summed E-state index contributed by atoms with van der Waals surface area (Å²) in [5.41, 5.74) is 2.39. The summed E-state index contributed by atoms with van der Waals surface area (Å²) < 4.78 is 0. The Kier molecular flexibility index (Phi) is 5.77. The summed E-state index contributed by atoms with van der Waals surface area (Å²) in [4.78, 5) is 4.45. The van der Waals surface area contributed by atoms with Gasteiger partial charge in [-0.1, -0.05) is 19.9 Å². The van der Waals surface area contributed by atoms with E-state index < -0.39 is 5.60 Å². The van der Waals surface area contributed by atoms with Crippen molar-refractivity contribution in [1.82, 2.24) is 4.98 Å². The molecule has 0 aromatic carbocycles. The number of rotatable bonds is 4. The molecule has 9 atom stereocenters. The molecule has 1 unspecified atom stereocenters. The van der Waals surface area contributed by atoms with Gasteiger partial charge in [0.05, 0.1) is 11.7 Å². The van der Waals surface area contributed by atoms with E-state index in [1.807, 2.05) is 13.1 Å². The van der Waals surface area contributed by atoms with Crippen LogP contribution in [0.2, 0.25) is 0 Å². The van der Waals surface area contributed by atoms with Crippen LogP contribution in [0, 0.1) is 47.3 Å². The molecule has 0 radical (unpaired) electrons. The lowest BCUT2D eigenvalue weighted by molar-refractivity contribution is -0.144. The Balaban J connectivity index is 1.31. The van der Waals surface area contributed by atoms with Crippen molar-refractivity contribution >= 4 is 0 Å². The monoisotopic (exact) mass is 439 g/mol. The number of aliphatic hydroxyl groups is 2. The zero-order valence-electron chi connectivity index (χ0n) is 20.8. The van der Waals surface area contributed by atoms with Gasteiger partial charge in [0.2, 0.25) is 0 Å². The standard InChI is InChI=1S/C29H45NO2/c1-19-5-6-20(18-30-19)11-16-29(4,32)26-10-9-24-23-8-7-21-17-22(31)12-14-27(21,2)25(23)13-15-28(24,26)3/h5-6,18,21-26,31-32H,7-17H2,1-4H3/t21?,22-,23-,24-,25-,26-,27-,28-,29+/m0/s1. The third-order valence-corrected chi connectivity index (χ3v) is 11.3. The van der Waals surface area contributed by atoms with E-state index in [0.717, 1.165) is 55.0 Å². The summed E-state index contributed by atoms with van der Waals surface area (Å²) in [6.07, 6.45) is 14.7. The first-order valence-corrected chi connectivity index (χ1v) is 13.5. The molecule has 1 aromatic rings. The number of aliphatic hydroxyl groups excluding tert-OH is 1. The van der Waals surface area contributed by atoms with Crippen molar-refractivity contribution < 1.29 is 10.2 Å². The highest BCUT2D eigenvalue weighted by molar-refractivity contribution is 5.15. The van der Waals surface area contributed by atoms with Gasteiger partial charge in [-0.25, -0.2) is 0 Å². The predicted molar refractivity (Wildman–Crippen MR) is 129 cm³/mol. The fraction of sp³-hybridized carbons (Fsp3) is 0.828. The van der Waals surface area contributed by atoms with Gasteiger partial charge in [-0.05, 0) is 137 Å². The molecule has 3 heteroatoms. The summed E-state index contributed by atoms with van der Waals surface area (Å²) in [7, 11) is 0. The molecule has 3 nitrogen and oxygen atoms in total. The maximum absolute atomic E-state index is 11.7. The molecule has 2 N–H and O–H groups in total. The van der Waals surface area contributed by atoms with Crippen molar-refractivity contribution in [1.29, 1.82) is 0 Å². The Morgan fingerprint density at radius 1 is 1.00 bits per heavy atom. The zero-order chi connectivity index (χ0) is 22.7. The Bertz CT molecular complexity index is 819. The van der Waals surface area contributed by atoms with E-state index in [1.54, 1.807) is 0 Å². The van der Waals surface area contributed by atoms with Gasteiger partial charge in [-0.15, -0.1) is 0 Å². The summed E-state index contributed by atoms with van der Waals surface area (Å²) in [6, 6.07) is 4.25. The molecule has 0 bridgehead atoms. The number of nitrogens with zero attached hydrogens (tertiary/aromatic N) is 1. The van der Waals surface area contributed by atoms with Crippen LogP contribution in [0.5, 0.6) is 0 Å². The van der Waals surface area contributed by atoms with Gasteiger partial charge >= 0.3 is 0 Å². The fourth-order valence-corrected chi connectivity index (χ4v) is 9.47. The van der Waals surface area contributed by atoms with Crippen molar-refractivity contribution in [2.24, 2.45) is 40.4 Å². The van der Waals surface area contributed by atoms with Crippen molar-refractivity contribution in [2.75, 3.05) is 0 Å². The molecule has 4 aliphatic rings. The average molecular weight is 440 g/mol. The minimum atomic E-state index is -0.614. The Labute approximate surface area is 195 Å². The van der Waals surface area contributed by atoms with Gasteiger partial charge in [-0.2, -0.15) is 0 Å². The molecule has 4 saturated carbocycles. The van der Waals surface area contributed by atoms with Gasteiger partial charge in [0, 0.05) is 11.9 Å². The highest BCUT2D eigenvalue weighted by Crippen LogP contribution is 2.68. The van der Waals surface area contributed by atoms with Crippen LogP contribution in [0.3, 0.4) is 0 Å². The van der Waals surface area contributed by atoms with Crippen LogP contribution in [-0.2, 0) is 6.42 Å². The Morgan fingerprint density at radius 2 is 1.75 bits per heavy atom. The predicted octanol–water partition coefficient (Wildman–Crippen LogP) is 6.09. The lowest BCUT2D eigenvalue weighted by Gasteiger charge is -2.61. The molecule has 0 aliphatic heterocycles. The van der Waals surface area contributed by atoms with Crippen LogP contribution in [0.25, 0.3) is 0 Å². The molecule has 4 aliphatic carbocycles. The van der Waals surface area contributed by atoms with Crippen LogP contribution in [0.15, 0.2) is 18.3 Å². The third kappa shape index (κ3) is 3.66. The fourth-order valence-electron chi connectivity index (χ4n) is 9.47. The van der Waals surface area contributed by atoms with Crippen molar-refractivity contribution in [3.05, 3.63) is 29.6 Å². The van der Waals surface area contributed by atoms with E-state index in [0.29, 0.717) is 11.3 Å². The number of hydrogen-bond acceptors (Lipinski definition) is 3. The highest BCUT2D eigenvalue weighted by Gasteiger charge is 2.62. The van der Waals surface area contributed by atoms with E-state index in [2.05, 4.69) is 37.9 Å². The molecule has 178 valence electrons. The number of pyridine rings is 1. The normalized spacial score (nSPS) is 45.4. The third-order valence-electron chi connectivity index (χ3n) is 11.3. The van der Waals surface area contributed by atoms with Gasteiger partial charge < -0.3 is 10.2 Å². The van der Waals surface area contributed by atoms with E-state index in [4.69, 9.17) is 0 Å².